The third kappa shape index (κ3) is 3.07. The summed E-state index contributed by atoms with van der Waals surface area (Å²) in [5.74, 6) is 1.78. The Morgan fingerprint density at radius 3 is 2.50 bits per heavy atom. The van der Waals surface area contributed by atoms with E-state index >= 15 is 0 Å². The van der Waals surface area contributed by atoms with Crippen LogP contribution >= 0.6 is 0 Å². The van der Waals surface area contributed by atoms with Gasteiger partial charge in [0.15, 0.2) is 17.6 Å². The largest absolute Gasteiger partial charge is 0.486 e. The maximum absolute atomic E-state index is 6.06. The van der Waals surface area contributed by atoms with Crippen molar-refractivity contribution in [1.29, 1.82) is 0 Å². The first-order chi connectivity index (χ1) is 9.72. The number of hydrogen-bond donors (Lipinski definition) is 2. The number of piperazine rings is 1. The molecule has 0 bridgehead atoms. The fourth-order valence-corrected chi connectivity index (χ4v) is 3.19. The first-order valence-corrected chi connectivity index (χ1v) is 7.79. The van der Waals surface area contributed by atoms with Crippen LogP contribution in [0, 0.1) is 0 Å². The SMILES string of the molecule is CC(C)[NH+]1CC[NH+](C[C@@H]2COc3ccccc3O2)CC1. The minimum absolute atomic E-state index is 0.195. The van der Waals surface area contributed by atoms with Crippen molar-refractivity contribution in [1.82, 2.24) is 0 Å². The van der Waals surface area contributed by atoms with Gasteiger partial charge in [-0.3, -0.25) is 0 Å². The van der Waals surface area contributed by atoms with Gasteiger partial charge in [-0.2, -0.15) is 0 Å². The number of ether oxygens (including phenoxy) is 2. The van der Waals surface area contributed by atoms with Crippen LogP contribution in [-0.2, 0) is 0 Å². The second-order valence-electron chi connectivity index (χ2n) is 6.26. The van der Waals surface area contributed by atoms with Gasteiger partial charge in [0.2, 0.25) is 0 Å². The van der Waals surface area contributed by atoms with E-state index in [2.05, 4.69) is 13.8 Å². The average Bonchev–Trinajstić information content (AvgIpc) is 2.48. The Labute approximate surface area is 121 Å². The Morgan fingerprint density at radius 1 is 1.10 bits per heavy atom. The van der Waals surface area contributed by atoms with Crippen molar-refractivity contribution in [2.24, 2.45) is 0 Å². The molecule has 0 aromatic heterocycles. The molecule has 0 spiro atoms. The van der Waals surface area contributed by atoms with Crippen LogP contribution in [-0.4, -0.2) is 51.5 Å². The van der Waals surface area contributed by atoms with Gasteiger partial charge in [0.05, 0.1) is 6.04 Å². The van der Waals surface area contributed by atoms with Crippen LogP contribution in [0.25, 0.3) is 0 Å². The lowest BCUT2D eigenvalue weighted by atomic mass is 10.2. The normalized spacial score (nSPS) is 29.4. The van der Waals surface area contributed by atoms with Gasteiger partial charge in [-0.25, -0.2) is 0 Å². The molecule has 4 nitrogen and oxygen atoms in total. The molecule has 0 amide bonds. The van der Waals surface area contributed by atoms with Crippen molar-refractivity contribution in [3.05, 3.63) is 24.3 Å². The number of quaternary nitrogens is 2. The van der Waals surface area contributed by atoms with E-state index in [9.17, 15) is 0 Å². The first kappa shape index (κ1) is 13.7. The Bertz CT molecular complexity index is 442. The molecule has 4 heteroatoms. The zero-order valence-electron chi connectivity index (χ0n) is 12.5. The van der Waals surface area contributed by atoms with Gasteiger partial charge in [-0.1, -0.05) is 12.1 Å². The lowest BCUT2D eigenvalue weighted by Crippen LogP contribution is -3.29. The molecular weight excluding hydrogens is 252 g/mol. The number of rotatable bonds is 3. The summed E-state index contributed by atoms with van der Waals surface area (Å²) in [6, 6.07) is 8.71. The molecule has 1 aromatic carbocycles. The molecule has 110 valence electrons. The van der Waals surface area contributed by atoms with Gasteiger partial charge in [-0.15, -0.1) is 0 Å². The summed E-state index contributed by atoms with van der Waals surface area (Å²) >= 11 is 0. The second-order valence-corrected chi connectivity index (χ2v) is 6.26. The molecule has 2 heterocycles. The highest BCUT2D eigenvalue weighted by molar-refractivity contribution is 5.40. The van der Waals surface area contributed by atoms with Gasteiger partial charge >= 0.3 is 0 Å². The predicted octanol–water partition coefficient (Wildman–Crippen LogP) is -0.982. The molecule has 1 aromatic rings. The average molecular weight is 278 g/mol. The highest BCUT2D eigenvalue weighted by Crippen LogP contribution is 2.30. The van der Waals surface area contributed by atoms with E-state index in [-0.39, 0.29) is 6.10 Å². The molecule has 1 fully saturated rings. The summed E-state index contributed by atoms with van der Waals surface area (Å²) in [4.78, 5) is 3.39. The molecule has 2 aliphatic rings. The van der Waals surface area contributed by atoms with Crippen LogP contribution in [0.5, 0.6) is 11.5 Å². The molecule has 3 rings (SSSR count). The number of benzene rings is 1. The van der Waals surface area contributed by atoms with Gasteiger partial charge < -0.3 is 19.3 Å². The summed E-state index contributed by atoms with van der Waals surface area (Å²) in [5, 5.41) is 0. The maximum atomic E-state index is 6.06. The zero-order valence-corrected chi connectivity index (χ0v) is 12.5. The number of nitrogens with one attached hydrogen (secondary N) is 2. The summed E-state index contributed by atoms with van der Waals surface area (Å²) in [6.45, 7) is 11.4. The molecule has 2 N–H and O–H groups in total. The Morgan fingerprint density at radius 2 is 1.80 bits per heavy atom. The van der Waals surface area contributed by atoms with Gasteiger partial charge in [-0.05, 0) is 26.0 Å². The van der Waals surface area contributed by atoms with Crippen molar-refractivity contribution < 1.29 is 19.3 Å². The molecule has 0 unspecified atom stereocenters. The third-order valence-electron chi connectivity index (χ3n) is 4.50. The van der Waals surface area contributed by atoms with Gasteiger partial charge in [0, 0.05) is 0 Å². The minimum atomic E-state index is 0.195. The summed E-state index contributed by atoms with van der Waals surface area (Å²) < 4.78 is 11.8. The Kier molecular flexibility index (Phi) is 4.13. The summed E-state index contributed by atoms with van der Waals surface area (Å²) in [6.07, 6.45) is 0.195. The van der Waals surface area contributed by atoms with Crippen molar-refractivity contribution >= 4 is 0 Å². The van der Waals surface area contributed by atoms with Crippen LogP contribution in [0.3, 0.4) is 0 Å². The first-order valence-electron chi connectivity index (χ1n) is 7.79. The monoisotopic (exact) mass is 278 g/mol. The second kappa shape index (κ2) is 6.02. The molecule has 0 aliphatic carbocycles. The Balaban J connectivity index is 1.51. The van der Waals surface area contributed by atoms with Crippen LogP contribution in [0.2, 0.25) is 0 Å². The molecule has 1 saturated heterocycles. The fraction of sp³-hybridized carbons (Fsp3) is 0.625. The van der Waals surface area contributed by atoms with E-state index in [4.69, 9.17) is 9.47 Å². The van der Waals surface area contributed by atoms with E-state index in [1.54, 1.807) is 9.80 Å². The highest BCUT2D eigenvalue weighted by Gasteiger charge is 2.29. The van der Waals surface area contributed by atoms with Crippen molar-refractivity contribution in [2.75, 3.05) is 39.3 Å². The van der Waals surface area contributed by atoms with Crippen LogP contribution < -0.4 is 19.3 Å². The van der Waals surface area contributed by atoms with Crippen molar-refractivity contribution in [3.63, 3.8) is 0 Å². The molecular formula is C16H26N2O2+2. The maximum Gasteiger partial charge on any atom is 0.181 e. The highest BCUT2D eigenvalue weighted by atomic mass is 16.6. The fourth-order valence-electron chi connectivity index (χ4n) is 3.19. The summed E-state index contributed by atoms with van der Waals surface area (Å²) in [7, 11) is 0. The third-order valence-corrected chi connectivity index (χ3v) is 4.50. The molecule has 0 radical (unpaired) electrons. The van der Waals surface area contributed by atoms with Crippen LogP contribution in [0.15, 0.2) is 24.3 Å². The van der Waals surface area contributed by atoms with E-state index in [0.29, 0.717) is 6.61 Å². The van der Waals surface area contributed by atoms with Crippen molar-refractivity contribution in [2.45, 2.75) is 26.0 Å². The van der Waals surface area contributed by atoms with E-state index in [1.807, 2.05) is 24.3 Å². The minimum Gasteiger partial charge on any atom is -0.486 e. The topological polar surface area (TPSA) is 27.3 Å². The standard InChI is InChI=1S/C16H24N2O2/c1-13(2)18-9-7-17(8-10-18)11-14-12-19-15-5-3-4-6-16(15)20-14/h3-6,13-14H,7-12H2,1-2H3/p+2/t14-/m1/s1. The number of fused-ring (bicyclic) bond motifs is 1. The van der Waals surface area contributed by atoms with Crippen LogP contribution in [0.4, 0.5) is 0 Å². The van der Waals surface area contributed by atoms with Gasteiger partial charge in [0.1, 0.15) is 39.3 Å². The van der Waals surface area contributed by atoms with E-state index in [1.165, 1.54) is 26.2 Å². The van der Waals surface area contributed by atoms with Crippen LogP contribution in [0.1, 0.15) is 13.8 Å². The summed E-state index contributed by atoms with van der Waals surface area (Å²) in [5.41, 5.74) is 0. The van der Waals surface area contributed by atoms with E-state index < -0.39 is 0 Å². The van der Waals surface area contributed by atoms with Gasteiger partial charge in [0.25, 0.3) is 0 Å². The smallest absolute Gasteiger partial charge is 0.181 e. The lowest BCUT2D eigenvalue weighted by Gasteiger charge is -2.34. The lowest BCUT2D eigenvalue weighted by molar-refractivity contribution is -1.02. The predicted molar refractivity (Wildman–Crippen MR) is 77.7 cm³/mol. The molecule has 20 heavy (non-hydrogen) atoms. The quantitative estimate of drug-likeness (QED) is 0.744. The molecule has 1 atom stereocenters. The van der Waals surface area contributed by atoms with Crippen molar-refractivity contribution in [3.8, 4) is 11.5 Å². The molecule has 0 saturated carbocycles. The number of hydrogen-bond acceptors (Lipinski definition) is 2. The molecule has 2 aliphatic heterocycles. The van der Waals surface area contributed by atoms with E-state index in [0.717, 1.165) is 24.1 Å². The zero-order chi connectivity index (χ0) is 13.9. The number of para-hydroxylation sites is 2. The Hall–Kier alpha value is -1.26.